The topological polar surface area (TPSA) is 82.5 Å². The molecule has 3 rings (SSSR count). The van der Waals surface area contributed by atoms with Gasteiger partial charge in [0.25, 0.3) is 0 Å². The molecule has 1 aliphatic rings. The predicted octanol–water partition coefficient (Wildman–Crippen LogP) is 1.98. The first-order chi connectivity index (χ1) is 14.0. The van der Waals surface area contributed by atoms with Crippen molar-refractivity contribution >= 4 is 23.6 Å². The minimum Gasteiger partial charge on any atom is -0.388 e. The first-order valence-electron chi connectivity index (χ1n) is 9.75. The average Bonchev–Trinajstić information content (AvgIpc) is 2.75. The van der Waals surface area contributed by atoms with Crippen LogP contribution in [0.15, 0.2) is 54.9 Å². The molecule has 7 heteroatoms. The second kappa shape index (κ2) is 9.89. The van der Waals surface area contributed by atoms with Crippen LogP contribution in [0.1, 0.15) is 24.0 Å². The van der Waals surface area contributed by atoms with Gasteiger partial charge in [-0.05, 0) is 36.3 Å². The second-order valence-electron chi connectivity index (χ2n) is 7.29. The van der Waals surface area contributed by atoms with Gasteiger partial charge in [0, 0.05) is 31.9 Å². The van der Waals surface area contributed by atoms with E-state index in [0.29, 0.717) is 31.6 Å². The Kier molecular flexibility index (Phi) is 7.28. The van der Waals surface area contributed by atoms with Crippen LogP contribution in [0.3, 0.4) is 0 Å². The van der Waals surface area contributed by atoms with Crippen molar-refractivity contribution in [2.45, 2.75) is 30.9 Å². The van der Waals surface area contributed by atoms with Gasteiger partial charge in [0.2, 0.25) is 11.8 Å². The van der Waals surface area contributed by atoms with E-state index < -0.39 is 11.6 Å². The SMILES string of the molecule is CSCC(=O)N[C@@]1(c2ccccc2)CCN(C(=O)CCc2cccnc2)C[C@H]1O. The molecule has 6 nitrogen and oxygen atoms in total. The van der Waals surface area contributed by atoms with Crippen molar-refractivity contribution in [1.82, 2.24) is 15.2 Å². The molecule has 0 unspecified atom stereocenters. The van der Waals surface area contributed by atoms with Gasteiger partial charge in [-0.25, -0.2) is 0 Å². The minimum atomic E-state index is -0.883. The number of piperidine rings is 1. The fourth-order valence-electron chi connectivity index (χ4n) is 3.82. The van der Waals surface area contributed by atoms with Gasteiger partial charge in [-0.3, -0.25) is 14.6 Å². The van der Waals surface area contributed by atoms with E-state index in [2.05, 4.69) is 10.3 Å². The number of aryl methyl sites for hydroxylation is 1. The summed E-state index contributed by atoms with van der Waals surface area (Å²) in [6.45, 7) is 0.678. The number of hydrogen-bond acceptors (Lipinski definition) is 5. The quantitative estimate of drug-likeness (QED) is 0.725. The largest absolute Gasteiger partial charge is 0.388 e. The molecule has 2 aromatic rings. The normalized spacial score (nSPS) is 21.6. The molecule has 0 aliphatic carbocycles. The molecule has 1 fully saturated rings. The van der Waals surface area contributed by atoms with Crippen molar-refractivity contribution in [2.24, 2.45) is 0 Å². The number of carbonyl (C=O) groups excluding carboxylic acids is 2. The number of likely N-dealkylation sites (tertiary alicyclic amines) is 1. The van der Waals surface area contributed by atoms with Crippen LogP contribution in [-0.4, -0.2) is 58.0 Å². The van der Waals surface area contributed by atoms with E-state index >= 15 is 0 Å². The van der Waals surface area contributed by atoms with Crippen LogP contribution in [0, 0.1) is 0 Å². The first kappa shape index (κ1) is 21.3. The van der Waals surface area contributed by atoms with Gasteiger partial charge in [0.05, 0.1) is 17.4 Å². The molecule has 0 bridgehead atoms. The summed E-state index contributed by atoms with van der Waals surface area (Å²) in [5.41, 5.74) is 1.000. The van der Waals surface area contributed by atoms with Gasteiger partial charge < -0.3 is 15.3 Å². The molecule has 2 heterocycles. The van der Waals surface area contributed by atoms with Gasteiger partial charge in [-0.2, -0.15) is 11.8 Å². The van der Waals surface area contributed by atoms with Crippen LogP contribution < -0.4 is 5.32 Å². The smallest absolute Gasteiger partial charge is 0.230 e. The maximum atomic E-state index is 12.7. The van der Waals surface area contributed by atoms with Crippen molar-refractivity contribution in [3.8, 4) is 0 Å². The van der Waals surface area contributed by atoms with Crippen molar-refractivity contribution < 1.29 is 14.7 Å². The molecule has 0 radical (unpaired) electrons. The number of rotatable bonds is 7. The molecular formula is C22H27N3O3S. The molecule has 1 aromatic carbocycles. The number of nitrogens with one attached hydrogen (secondary N) is 1. The average molecular weight is 414 g/mol. The van der Waals surface area contributed by atoms with Crippen molar-refractivity contribution in [3.05, 3.63) is 66.0 Å². The van der Waals surface area contributed by atoms with Crippen LogP contribution in [0.2, 0.25) is 0 Å². The molecule has 0 spiro atoms. The number of β-amino-alcohol motifs (C(OH)–C–C–N with tert-alkyl or cyclic N) is 1. The van der Waals surface area contributed by atoms with Gasteiger partial charge >= 0.3 is 0 Å². The summed E-state index contributed by atoms with van der Waals surface area (Å²) in [5.74, 6) is 0.219. The fraction of sp³-hybridized carbons (Fsp3) is 0.409. The first-order valence-corrected chi connectivity index (χ1v) is 11.1. The van der Waals surface area contributed by atoms with Crippen LogP contribution in [-0.2, 0) is 21.5 Å². The van der Waals surface area contributed by atoms with E-state index in [9.17, 15) is 14.7 Å². The summed E-state index contributed by atoms with van der Waals surface area (Å²) in [6, 6.07) is 13.4. The minimum absolute atomic E-state index is 0.00463. The number of aliphatic hydroxyl groups excluding tert-OH is 1. The molecular weight excluding hydrogens is 386 g/mol. The fourth-order valence-corrected chi connectivity index (χ4v) is 4.16. The maximum absolute atomic E-state index is 12.7. The predicted molar refractivity (Wildman–Crippen MR) is 114 cm³/mol. The Labute approximate surface area is 175 Å². The lowest BCUT2D eigenvalue weighted by molar-refractivity contribution is -0.138. The van der Waals surface area contributed by atoms with Crippen molar-refractivity contribution in [3.63, 3.8) is 0 Å². The van der Waals surface area contributed by atoms with E-state index in [4.69, 9.17) is 0 Å². The summed E-state index contributed by atoms with van der Waals surface area (Å²) >= 11 is 1.44. The number of nitrogens with zero attached hydrogens (tertiary/aromatic N) is 2. The molecule has 2 atom stereocenters. The number of hydrogen-bond donors (Lipinski definition) is 2. The highest BCUT2D eigenvalue weighted by Crippen LogP contribution is 2.34. The molecule has 2 amide bonds. The Morgan fingerprint density at radius 1 is 1.28 bits per heavy atom. The Hall–Kier alpha value is -2.38. The zero-order valence-electron chi connectivity index (χ0n) is 16.6. The Morgan fingerprint density at radius 2 is 2.07 bits per heavy atom. The van der Waals surface area contributed by atoms with Gasteiger partial charge in [0.15, 0.2) is 0 Å². The Morgan fingerprint density at radius 3 is 2.72 bits per heavy atom. The second-order valence-corrected chi connectivity index (χ2v) is 8.15. The number of pyridine rings is 1. The molecule has 154 valence electrons. The highest BCUT2D eigenvalue weighted by Gasteiger charge is 2.45. The highest BCUT2D eigenvalue weighted by atomic mass is 32.2. The zero-order valence-corrected chi connectivity index (χ0v) is 17.4. The third-order valence-corrected chi connectivity index (χ3v) is 5.92. The number of benzene rings is 1. The molecule has 1 saturated heterocycles. The van der Waals surface area contributed by atoms with E-state index in [1.165, 1.54) is 11.8 Å². The Balaban J connectivity index is 1.70. The zero-order chi connectivity index (χ0) is 20.7. The summed E-state index contributed by atoms with van der Waals surface area (Å²) in [4.78, 5) is 30.8. The molecule has 0 saturated carbocycles. The van der Waals surface area contributed by atoms with Crippen molar-refractivity contribution in [1.29, 1.82) is 0 Å². The van der Waals surface area contributed by atoms with Gasteiger partial charge in [-0.15, -0.1) is 0 Å². The number of amides is 2. The van der Waals surface area contributed by atoms with E-state index in [0.717, 1.165) is 11.1 Å². The van der Waals surface area contributed by atoms with Crippen molar-refractivity contribution in [2.75, 3.05) is 25.1 Å². The maximum Gasteiger partial charge on any atom is 0.230 e. The monoisotopic (exact) mass is 413 g/mol. The Bertz CT molecular complexity index is 819. The number of thioether (sulfide) groups is 1. The standard InChI is InChI=1S/C22H27N3O3S/c1-29-16-20(27)24-22(18-7-3-2-4-8-18)11-13-25(15-19(22)26)21(28)10-9-17-6-5-12-23-14-17/h2-8,12,14,19,26H,9-11,13,15-16H2,1H3,(H,24,27)/t19-,22-/m1/s1. The number of carbonyl (C=O) groups is 2. The third kappa shape index (κ3) is 5.16. The lowest BCUT2D eigenvalue weighted by Gasteiger charge is -2.46. The van der Waals surface area contributed by atoms with E-state index in [1.54, 1.807) is 17.3 Å². The van der Waals surface area contributed by atoms with E-state index in [-0.39, 0.29) is 18.4 Å². The van der Waals surface area contributed by atoms with Gasteiger partial charge in [0.1, 0.15) is 0 Å². The van der Waals surface area contributed by atoms with Crippen LogP contribution in [0.5, 0.6) is 0 Å². The summed E-state index contributed by atoms with van der Waals surface area (Å²) in [5, 5.41) is 14.1. The lowest BCUT2D eigenvalue weighted by atomic mass is 9.78. The lowest BCUT2D eigenvalue weighted by Crippen LogP contribution is -2.63. The highest BCUT2D eigenvalue weighted by molar-refractivity contribution is 7.99. The van der Waals surface area contributed by atoms with Gasteiger partial charge in [-0.1, -0.05) is 36.4 Å². The van der Waals surface area contributed by atoms with Crippen LogP contribution >= 0.6 is 11.8 Å². The molecule has 1 aliphatic heterocycles. The summed E-state index contributed by atoms with van der Waals surface area (Å²) in [7, 11) is 0. The summed E-state index contributed by atoms with van der Waals surface area (Å²) < 4.78 is 0. The van der Waals surface area contributed by atoms with Crippen LogP contribution in [0.4, 0.5) is 0 Å². The third-order valence-electron chi connectivity index (χ3n) is 5.37. The number of aliphatic hydroxyl groups is 1. The number of aromatic nitrogens is 1. The molecule has 29 heavy (non-hydrogen) atoms. The van der Waals surface area contributed by atoms with E-state index in [1.807, 2.05) is 48.7 Å². The summed E-state index contributed by atoms with van der Waals surface area (Å²) in [6.07, 6.45) is 5.92. The molecule has 1 aromatic heterocycles. The molecule has 2 N–H and O–H groups in total. The van der Waals surface area contributed by atoms with Crippen LogP contribution in [0.25, 0.3) is 0 Å².